The maximum absolute atomic E-state index is 13.8. The zero-order valence-corrected chi connectivity index (χ0v) is 19.1. The molecule has 2 aliphatic heterocycles. The third-order valence-electron chi connectivity index (χ3n) is 5.59. The molecule has 170 valence electrons. The van der Waals surface area contributed by atoms with Crippen LogP contribution in [0, 0.1) is 5.82 Å². The number of likely N-dealkylation sites (tertiary alicyclic amines) is 1. The van der Waals surface area contributed by atoms with E-state index in [-0.39, 0.29) is 19.3 Å². The summed E-state index contributed by atoms with van der Waals surface area (Å²) in [6.45, 7) is 3.17. The van der Waals surface area contributed by atoms with Crippen molar-refractivity contribution < 1.29 is 19.0 Å². The molecule has 4 rings (SSSR count). The number of esters is 1. The standard InChI is InChI=1S/C21H24BrFN6O3/c1-2-32-21(31)17-16(9-29-7-3-4-13(29)10-30)26-20(19-24-11-25-28-19)27-18(17)14-6-5-12(23)8-15(14)22/h5-6,8,11,13,18,30H,2-4,7,9-10H2,1H3,(H,26,27)(H,24,25,28). The van der Waals surface area contributed by atoms with Crippen molar-refractivity contribution in [2.45, 2.75) is 31.8 Å². The molecule has 9 nitrogen and oxygen atoms in total. The number of carbonyl (C=O) groups is 1. The van der Waals surface area contributed by atoms with E-state index in [1.165, 1.54) is 18.5 Å². The van der Waals surface area contributed by atoms with Gasteiger partial charge in [-0.3, -0.25) is 15.0 Å². The zero-order valence-electron chi connectivity index (χ0n) is 17.5. The van der Waals surface area contributed by atoms with Crippen LogP contribution in [0.3, 0.4) is 0 Å². The molecule has 2 unspecified atom stereocenters. The van der Waals surface area contributed by atoms with Crippen molar-refractivity contribution in [2.75, 3.05) is 26.3 Å². The number of aromatic nitrogens is 3. The number of ether oxygens (including phenoxy) is 1. The van der Waals surface area contributed by atoms with Crippen LogP contribution in [-0.2, 0) is 9.53 Å². The third-order valence-corrected chi connectivity index (χ3v) is 6.28. The molecule has 1 saturated heterocycles. The van der Waals surface area contributed by atoms with Crippen LogP contribution in [0.15, 0.2) is 45.3 Å². The number of aliphatic hydroxyl groups excluding tert-OH is 1. The van der Waals surface area contributed by atoms with Crippen molar-refractivity contribution in [3.05, 3.63) is 57.5 Å². The first-order valence-electron chi connectivity index (χ1n) is 10.4. The summed E-state index contributed by atoms with van der Waals surface area (Å²) in [5.41, 5.74) is 1.56. The monoisotopic (exact) mass is 506 g/mol. The van der Waals surface area contributed by atoms with E-state index in [4.69, 9.17) is 9.73 Å². The fourth-order valence-corrected chi connectivity index (χ4v) is 4.64. The van der Waals surface area contributed by atoms with E-state index >= 15 is 0 Å². The fourth-order valence-electron chi connectivity index (χ4n) is 4.07. The number of halogens is 2. The first-order valence-corrected chi connectivity index (χ1v) is 11.2. The average molecular weight is 507 g/mol. The summed E-state index contributed by atoms with van der Waals surface area (Å²) >= 11 is 3.41. The van der Waals surface area contributed by atoms with Gasteiger partial charge in [0.15, 0.2) is 11.7 Å². The summed E-state index contributed by atoms with van der Waals surface area (Å²) in [5.74, 6) is -0.0876. The maximum Gasteiger partial charge on any atom is 0.338 e. The Kier molecular flexibility index (Phi) is 6.97. The normalized spacial score (nSPS) is 21.4. The van der Waals surface area contributed by atoms with Gasteiger partial charge < -0.3 is 15.2 Å². The van der Waals surface area contributed by atoms with Gasteiger partial charge in [-0.1, -0.05) is 22.0 Å². The molecule has 3 N–H and O–H groups in total. The number of rotatable bonds is 7. The lowest BCUT2D eigenvalue weighted by molar-refractivity contribution is -0.139. The van der Waals surface area contributed by atoms with Crippen molar-refractivity contribution in [1.29, 1.82) is 0 Å². The third kappa shape index (κ3) is 4.59. The summed E-state index contributed by atoms with van der Waals surface area (Å²) in [5, 5.41) is 19.7. The van der Waals surface area contributed by atoms with Gasteiger partial charge in [0.05, 0.1) is 18.8 Å². The quantitative estimate of drug-likeness (QED) is 0.492. The molecule has 0 radical (unpaired) electrons. The van der Waals surface area contributed by atoms with Crippen LogP contribution in [0.4, 0.5) is 4.39 Å². The smallest absolute Gasteiger partial charge is 0.338 e. The van der Waals surface area contributed by atoms with E-state index in [2.05, 4.69) is 41.3 Å². The van der Waals surface area contributed by atoms with E-state index in [0.29, 0.717) is 39.5 Å². The highest BCUT2D eigenvalue weighted by atomic mass is 79.9. The molecule has 0 amide bonds. The lowest BCUT2D eigenvalue weighted by Crippen LogP contribution is -2.42. The molecular formula is C21H24BrFN6O3. The number of H-pyrrole nitrogens is 1. The van der Waals surface area contributed by atoms with Crippen LogP contribution < -0.4 is 5.32 Å². The summed E-state index contributed by atoms with van der Waals surface area (Å²) < 4.78 is 19.6. The van der Waals surface area contributed by atoms with Crippen molar-refractivity contribution in [2.24, 2.45) is 4.99 Å². The molecule has 11 heteroatoms. The first-order chi connectivity index (χ1) is 15.5. The second-order valence-corrected chi connectivity index (χ2v) is 8.42. The van der Waals surface area contributed by atoms with Gasteiger partial charge >= 0.3 is 5.97 Å². The van der Waals surface area contributed by atoms with Gasteiger partial charge in [-0.15, -0.1) is 0 Å². The van der Waals surface area contributed by atoms with Crippen LogP contribution in [-0.4, -0.2) is 69.3 Å². The Labute approximate surface area is 192 Å². The Balaban J connectivity index is 1.83. The number of aliphatic hydroxyl groups is 1. The molecular weight excluding hydrogens is 483 g/mol. The van der Waals surface area contributed by atoms with Crippen molar-refractivity contribution in [1.82, 2.24) is 25.4 Å². The molecule has 1 fully saturated rings. The number of hydrogen-bond donors (Lipinski definition) is 3. The summed E-state index contributed by atoms with van der Waals surface area (Å²) in [7, 11) is 0. The second-order valence-electron chi connectivity index (χ2n) is 7.57. The van der Waals surface area contributed by atoms with Crippen LogP contribution in [0.2, 0.25) is 0 Å². The number of carbonyl (C=O) groups excluding carboxylic acids is 1. The lowest BCUT2D eigenvalue weighted by Gasteiger charge is -2.31. The molecule has 0 spiro atoms. The van der Waals surface area contributed by atoms with E-state index in [9.17, 15) is 14.3 Å². The molecule has 1 aromatic heterocycles. The van der Waals surface area contributed by atoms with Gasteiger partial charge in [0.2, 0.25) is 0 Å². The summed E-state index contributed by atoms with van der Waals surface area (Å²) in [6.07, 6.45) is 3.21. The highest BCUT2D eigenvalue weighted by Gasteiger charge is 2.36. The van der Waals surface area contributed by atoms with Crippen LogP contribution >= 0.6 is 15.9 Å². The van der Waals surface area contributed by atoms with Gasteiger partial charge in [0, 0.05) is 22.8 Å². The Hall–Kier alpha value is -2.63. The predicted molar refractivity (Wildman–Crippen MR) is 118 cm³/mol. The SMILES string of the molecule is CCOC(=O)C1=C(CN2CCCC2CO)NC(c2ncn[nH]2)=NC1c1ccc(F)cc1Br. The van der Waals surface area contributed by atoms with E-state index in [1.54, 1.807) is 13.0 Å². The summed E-state index contributed by atoms with van der Waals surface area (Å²) in [6, 6.07) is 3.52. The molecule has 2 atom stereocenters. The highest BCUT2D eigenvalue weighted by Crippen LogP contribution is 2.37. The molecule has 2 aliphatic rings. The Morgan fingerprint density at radius 3 is 2.97 bits per heavy atom. The number of benzene rings is 1. The first kappa shape index (κ1) is 22.6. The van der Waals surface area contributed by atoms with Gasteiger partial charge in [0.25, 0.3) is 0 Å². The lowest BCUT2D eigenvalue weighted by atomic mass is 9.95. The van der Waals surface area contributed by atoms with Crippen LogP contribution in [0.25, 0.3) is 0 Å². The minimum absolute atomic E-state index is 0.0105. The van der Waals surface area contributed by atoms with Gasteiger partial charge in [0.1, 0.15) is 18.2 Å². The second kappa shape index (κ2) is 9.88. The number of aromatic amines is 1. The van der Waals surface area contributed by atoms with Gasteiger partial charge in [-0.05, 0) is 44.0 Å². The van der Waals surface area contributed by atoms with Crippen LogP contribution in [0.5, 0.6) is 0 Å². The van der Waals surface area contributed by atoms with Crippen molar-refractivity contribution in [3.63, 3.8) is 0 Å². The topological polar surface area (TPSA) is 116 Å². The Morgan fingerprint density at radius 1 is 1.44 bits per heavy atom. The molecule has 0 saturated carbocycles. The summed E-state index contributed by atoms with van der Waals surface area (Å²) in [4.78, 5) is 24.1. The minimum Gasteiger partial charge on any atom is -0.463 e. The molecule has 1 aromatic carbocycles. The van der Waals surface area contributed by atoms with Crippen LogP contribution in [0.1, 0.15) is 37.2 Å². The molecule has 2 aromatic rings. The zero-order chi connectivity index (χ0) is 22.7. The Bertz CT molecular complexity index is 1040. The fraction of sp³-hybridized carbons (Fsp3) is 0.429. The average Bonchev–Trinajstić information content (AvgIpc) is 3.45. The van der Waals surface area contributed by atoms with Crippen molar-refractivity contribution in [3.8, 4) is 0 Å². The number of nitrogens with one attached hydrogen (secondary N) is 2. The maximum atomic E-state index is 13.8. The van der Waals surface area contributed by atoms with E-state index in [1.807, 2.05) is 0 Å². The minimum atomic E-state index is -0.754. The number of nitrogens with zero attached hydrogens (tertiary/aromatic N) is 4. The predicted octanol–water partition coefficient (Wildman–Crippen LogP) is 2.07. The van der Waals surface area contributed by atoms with E-state index in [0.717, 1.165) is 19.4 Å². The molecule has 32 heavy (non-hydrogen) atoms. The number of amidine groups is 1. The largest absolute Gasteiger partial charge is 0.463 e. The van der Waals surface area contributed by atoms with Gasteiger partial charge in [-0.2, -0.15) is 5.10 Å². The van der Waals surface area contributed by atoms with E-state index < -0.39 is 17.8 Å². The van der Waals surface area contributed by atoms with Crippen molar-refractivity contribution >= 4 is 27.7 Å². The van der Waals surface area contributed by atoms with Gasteiger partial charge in [-0.25, -0.2) is 14.2 Å². The molecule has 3 heterocycles. The number of hydrogen-bond acceptors (Lipinski definition) is 8. The molecule has 0 aliphatic carbocycles. The Morgan fingerprint density at radius 2 is 2.28 bits per heavy atom. The number of aliphatic imine (C=N–C) groups is 1. The highest BCUT2D eigenvalue weighted by molar-refractivity contribution is 9.10. The molecule has 0 bridgehead atoms.